The Bertz CT molecular complexity index is 262. The highest BCUT2D eigenvalue weighted by molar-refractivity contribution is 5.90. The van der Waals surface area contributed by atoms with E-state index in [4.69, 9.17) is 0 Å². The number of hydrogen-bond donors (Lipinski definition) is 1. The Morgan fingerprint density at radius 2 is 2.14 bits per heavy atom. The maximum absolute atomic E-state index is 11.6. The third-order valence-electron chi connectivity index (χ3n) is 3.55. The Balaban J connectivity index is 2.00. The van der Waals surface area contributed by atoms with Crippen molar-refractivity contribution in [3.8, 4) is 0 Å². The molecule has 0 bridgehead atoms. The van der Waals surface area contributed by atoms with Crippen molar-refractivity contribution in [1.82, 2.24) is 5.32 Å². The lowest BCUT2D eigenvalue weighted by Gasteiger charge is -2.42. The van der Waals surface area contributed by atoms with Crippen LogP contribution >= 0.6 is 0 Å². The predicted octanol–water partition coefficient (Wildman–Crippen LogP) is 1.27. The summed E-state index contributed by atoms with van der Waals surface area (Å²) in [6.07, 6.45) is 4.72. The van der Waals surface area contributed by atoms with Crippen LogP contribution in [0.5, 0.6) is 0 Å². The van der Waals surface area contributed by atoms with E-state index in [-0.39, 0.29) is 23.8 Å². The van der Waals surface area contributed by atoms with Crippen LogP contribution in [0.25, 0.3) is 0 Å². The Hall–Kier alpha value is -0.860. The molecular weight excluding hydrogens is 178 g/mol. The average molecular weight is 195 g/mol. The number of amides is 1. The Kier molecular flexibility index (Phi) is 2.57. The maximum Gasteiger partial charge on any atom is 0.225 e. The smallest absolute Gasteiger partial charge is 0.225 e. The number of rotatable bonds is 2. The van der Waals surface area contributed by atoms with Crippen LogP contribution in [0.2, 0.25) is 0 Å². The quantitative estimate of drug-likeness (QED) is 0.674. The monoisotopic (exact) mass is 195 g/mol. The van der Waals surface area contributed by atoms with Crippen molar-refractivity contribution in [2.24, 2.45) is 11.8 Å². The molecule has 2 rings (SSSR count). The largest absolute Gasteiger partial charge is 0.352 e. The lowest BCUT2D eigenvalue weighted by molar-refractivity contribution is -0.140. The number of β-lactam (4-membered cyclic amide) rings is 1. The Labute approximate surface area is 84.2 Å². The highest BCUT2D eigenvalue weighted by atomic mass is 16.2. The average Bonchev–Trinajstić information content (AvgIpc) is 2.16. The van der Waals surface area contributed by atoms with Crippen molar-refractivity contribution in [1.29, 1.82) is 0 Å². The second-order valence-corrected chi connectivity index (χ2v) is 4.37. The zero-order valence-electron chi connectivity index (χ0n) is 8.58. The topological polar surface area (TPSA) is 46.2 Å². The van der Waals surface area contributed by atoms with E-state index in [9.17, 15) is 9.59 Å². The number of hydrogen-bond acceptors (Lipinski definition) is 2. The summed E-state index contributed by atoms with van der Waals surface area (Å²) in [5, 5.41) is 2.88. The summed E-state index contributed by atoms with van der Waals surface area (Å²) in [5.74, 6) is 0.712. The molecule has 3 nitrogen and oxygen atoms in total. The zero-order chi connectivity index (χ0) is 10.1. The molecule has 3 heteroatoms. The molecule has 14 heavy (non-hydrogen) atoms. The number of carbonyl (C=O) groups is 2. The molecule has 1 aliphatic heterocycles. The second-order valence-electron chi connectivity index (χ2n) is 4.37. The summed E-state index contributed by atoms with van der Waals surface area (Å²) >= 11 is 0. The van der Waals surface area contributed by atoms with Crippen LogP contribution in [0.4, 0.5) is 0 Å². The summed E-state index contributed by atoms with van der Waals surface area (Å²) in [5.41, 5.74) is 0. The van der Waals surface area contributed by atoms with E-state index in [0.29, 0.717) is 12.2 Å². The van der Waals surface area contributed by atoms with Gasteiger partial charge < -0.3 is 5.32 Å². The lowest BCUT2D eigenvalue weighted by atomic mass is 9.73. The molecule has 78 valence electrons. The first-order chi connectivity index (χ1) is 6.74. The molecule has 2 fully saturated rings. The van der Waals surface area contributed by atoms with Crippen LogP contribution < -0.4 is 5.32 Å². The van der Waals surface area contributed by atoms with Crippen molar-refractivity contribution in [2.45, 2.75) is 45.1 Å². The molecule has 0 radical (unpaired) electrons. The first-order valence-corrected chi connectivity index (χ1v) is 5.57. The predicted molar refractivity (Wildman–Crippen MR) is 52.7 cm³/mol. The molecule has 1 aliphatic carbocycles. The summed E-state index contributed by atoms with van der Waals surface area (Å²) in [6.45, 7) is 2.02. The molecule has 1 N–H and O–H groups in total. The van der Waals surface area contributed by atoms with Crippen LogP contribution in [-0.4, -0.2) is 17.7 Å². The fraction of sp³-hybridized carbons (Fsp3) is 0.818. The van der Waals surface area contributed by atoms with Gasteiger partial charge in [-0.1, -0.05) is 13.3 Å². The highest BCUT2D eigenvalue weighted by Crippen LogP contribution is 2.32. The summed E-state index contributed by atoms with van der Waals surface area (Å²) < 4.78 is 0. The van der Waals surface area contributed by atoms with Gasteiger partial charge in [-0.25, -0.2) is 0 Å². The number of carbonyl (C=O) groups excluding carboxylic acids is 2. The molecule has 0 aromatic rings. The number of ketones is 1. The van der Waals surface area contributed by atoms with E-state index >= 15 is 0 Å². The summed E-state index contributed by atoms with van der Waals surface area (Å²) in [7, 11) is 0. The summed E-state index contributed by atoms with van der Waals surface area (Å²) in [4.78, 5) is 22.8. The third kappa shape index (κ3) is 1.45. The fourth-order valence-electron chi connectivity index (χ4n) is 2.65. The van der Waals surface area contributed by atoms with Gasteiger partial charge in [0, 0.05) is 12.3 Å². The van der Waals surface area contributed by atoms with Gasteiger partial charge in [0.25, 0.3) is 0 Å². The SMILES string of the molecule is CC[C@H]1C(=O)N[C@@H]1[C@H]1CCCCC1=O. The van der Waals surface area contributed by atoms with Crippen LogP contribution in [0.1, 0.15) is 39.0 Å². The molecule has 1 saturated carbocycles. The van der Waals surface area contributed by atoms with Gasteiger partial charge in [0.1, 0.15) is 5.78 Å². The van der Waals surface area contributed by atoms with Gasteiger partial charge in [-0.05, 0) is 19.3 Å². The molecular formula is C11H17NO2. The van der Waals surface area contributed by atoms with E-state index in [1.54, 1.807) is 0 Å². The van der Waals surface area contributed by atoms with Crippen molar-refractivity contribution in [3.63, 3.8) is 0 Å². The lowest BCUT2D eigenvalue weighted by Crippen LogP contribution is -2.62. The first-order valence-electron chi connectivity index (χ1n) is 5.57. The van der Waals surface area contributed by atoms with Crippen molar-refractivity contribution >= 4 is 11.7 Å². The summed E-state index contributed by atoms with van der Waals surface area (Å²) in [6, 6.07) is 0.153. The van der Waals surface area contributed by atoms with E-state index in [1.165, 1.54) is 0 Å². The Morgan fingerprint density at radius 1 is 1.36 bits per heavy atom. The third-order valence-corrected chi connectivity index (χ3v) is 3.55. The van der Waals surface area contributed by atoms with Gasteiger partial charge in [-0.3, -0.25) is 9.59 Å². The minimum atomic E-state index is 0.0991. The van der Waals surface area contributed by atoms with Gasteiger partial charge in [0.2, 0.25) is 5.91 Å². The molecule has 0 unspecified atom stereocenters. The van der Waals surface area contributed by atoms with Crippen LogP contribution in [0.15, 0.2) is 0 Å². The van der Waals surface area contributed by atoms with E-state index < -0.39 is 0 Å². The van der Waals surface area contributed by atoms with Crippen LogP contribution in [-0.2, 0) is 9.59 Å². The number of Topliss-reactive ketones (excluding diaryl/α,β-unsaturated/α-hetero) is 1. The van der Waals surface area contributed by atoms with Gasteiger partial charge in [-0.15, -0.1) is 0 Å². The Morgan fingerprint density at radius 3 is 2.71 bits per heavy atom. The van der Waals surface area contributed by atoms with Gasteiger partial charge in [0.05, 0.1) is 12.0 Å². The fourth-order valence-corrected chi connectivity index (χ4v) is 2.65. The van der Waals surface area contributed by atoms with Crippen LogP contribution in [0.3, 0.4) is 0 Å². The first kappa shape index (κ1) is 9.69. The van der Waals surface area contributed by atoms with E-state index in [2.05, 4.69) is 5.32 Å². The molecule has 1 saturated heterocycles. The molecule has 3 atom stereocenters. The molecule has 1 heterocycles. The van der Waals surface area contributed by atoms with Crippen molar-refractivity contribution in [3.05, 3.63) is 0 Å². The van der Waals surface area contributed by atoms with Gasteiger partial charge in [0.15, 0.2) is 0 Å². The van der Waals surface area contributed by atoms with Gasteiger partial charge >= 0.3 is 0 Å². The minimum Gasteiger partial charge on any atom is -0.352 e. The molecule has 0 aromatic heterocycles. The molecule has 0 spiro atoms. The molecule has 1 amide bonds. The second kappa shape index (κ2) is 3.71. The molecule has 2 aliphatic rings. The van der Waals surface area contributed by atoms with E-state index in [1.807, 2.05) is 6.92 Å². The zero-order valence-corrected chi connectivity index (χ0v) is 8.58. The standard InChI is InChI=1S/C11H17NO2/c1-2-7-10(12-11(7)14)8-5-3-4-6-9(8)13/h7-8,10H,2-6H2,1H3,(H,12,14)/t7-,8+,10+/m1/s1. The van der Waals surface area contributed by atoms with Gasteiger partial charge in [-0.2, -0.15) is 0 Å². The van der Waals surface area contributed by atoms with Crippen molar-refractivity contribution < 1.29 is 9.59 Å². The minimum absolute atomic E-state index is 0.0991. The number of nitrogens with one attached hydrogen (secondary N) is 1. The highest BCUT2D eigenvalue weighted by Gasteiger charge is 2.45. The van der Waals surface area contributed by atoms with Crippen LogP contribution in [0, 0.1) is 11.8 Å². The normalized spacial score (nSPS) is 37.6. The van der Waals surface area contributed by atoms with Crippen molar-refractivity contribution in [2.75, 3.05) is 0 Å². The van der Waals surface area contributed by atoms with E-state index in [0.717, 1.165) is 25.7 Å². The molecule has 0 aromatic carbocycles. The maximum atomic E-state index is 11.6.